The molecule has 0 saturated carbocycles. The molecular formula is C91H150N22O25. The summed E-state index contributed by atoms with van der Waals surface area (Å²) in [6, 6.07) is -5.44. The SMILES string of the molecule is COC[C@H](Cc1ccccc1)NC(=O)[C@H](CCC(N)=O)NC(=O)[C@H](CCC(=O)O)NC(=O)C(C)(C)NC(=O)C(C)(C)NC(=O)[C@@H](NC(=O)[C@@H]1CCCN1C(=O)C(C)(C)NC(=O)[C@H](CC(C)C)NC(=O)CNC(=O)C(C)(C)NC(=O)[C@@H](NC(=O)C(C)(C)NC(=O)[C@H](CCC(N)=O)NC(=O)[C@H](C)NC(=O)C(C)(C)NC(=O)[C@H](C)NC(=O)C(C)(C)NC(=O)[C@H](C)NC(=O)C(C)(C)NC(C)=O)C(C)C)C(C)C. The minimum atomic E-state index is -1.91. The number of hydrogen-bond acceptors (Lipinski definition) is 24. The zero-order valence-corrected chi connectivity index (χ0v) is 84.5. The van der Waals surface area contributed by atoms with Gasteiger partial charge in [0.2, 0.25) is 130 Å². The highest BCUT2D eigenvalue weighted by Crippen LogP contribution is 2.25. The van der Waals surface area contributed by atoms with Crippen molar-refractivity contribution in [1.29, 1.82) is 0 Å². The zero-order chi connectivity index (χ0) is 106. The molecule has 0 unspecified atom stereocenters. The van der Waals surface area contributed by atoms with Crippen molar-refractivity contribution >= 4 is 136 Å². The Kier molecular flexibility index (Phi) is 45.6. The molecule has 1 saturated heterocycles. The second-order valence-corrected chi connectivity index (χ2v) is 40.1. The summed E-state index contributed by atoms with van der Waals surface area (Å²) in [5.74, 6) is -21.9. The Bertz CT molecular complexity index is 4620. The lowest BCUT2D eigenvalue weighted by Gasteiger charge is -2.36. The van der Waals surface area contributed by atoms with Gasteiger partial charge in [0.05, 0.1) is 19.2 Å². The number of nitrogens with one attached hydrogen (secondary N) is 19. The van der Waals surface area contributed by atoms with Crippen LogP contribution in [0.15, 0.2) is 30.3 Å². The molecule has 138 heavy (non-hydrogen) atoms. The quantitative estimate of drug-likeness (QED) is 0.0294. The number of nitrogens with zero attached hydrogens (tertiary/aromatic N) is 1. The lowest BCUT2D eigenvalue weighted by Crippen LogP contribution is -2.66. The predicted octanol–water partition coefficient (Wildman–Crippen LogP) is -4.18. The van der Waals surface area contributed by atoms with Crippen molar-refractivity contribution in [3.05, 3.63) is 35.9 Å². The summed E-state index contributed by atoms with van der Waals surface area (Å²) in [5, 5.41) is 57.7. The summed E-state index contributed by atoms with van der Waals surface area (Å²) in [6.07, 6.45) is -1.95. The van der Waals surface area contributed by atoms with E-state index in [-0.39, 0.29) is 44.8 Å². The number of rotatable bonds is 55. The van der Waals surface area contributed by atoms with Crippen LogP contribution < -0.4 is 112 Å². The molecule has 774 valence electrons. The number of methoxy groups -OCH3 is 1. The van der Waals surface area contributed by atoms with Crippen LogP contribution in [0.25, 0.3) is 0 Å². The van der Waals surface area contributed by atoms with E-state index >= 15 is 0 Å². The Labute approximate surface area is 805 Å². The first kappa shape index (κ1) is 121. The maximum atomic E-state index is 14.6. The highest BCUT2D eigenvalue weighted by atomic mass is 16.5. The lowest BCUT2D eigenvalue weighted by molar-refractivity contribution is -0.146. The molecule has 1 aliphatic heterocycles. The Hall–Kier alpha value is -13.0. The van der Waals surface area contributed by atoms with Crippen LogP contribution in [0.2, 0.25) is 0 Å². The smallest absolute Gasteiger partial charge is 0.303 e. The van der Waals surface area contributed by atoms with Gasteiger partial charge < -0.3 is 127 Å². The second-order valence-electron chi connectivity index (χ2n) is 40.1. The van der Waals surface area contributed by atoms with E-state index in [1.165, 1.54) is 150 Å². The molecule has 22 amide bonds. The van der Waals surface area contributed by atoms with E-state index in [4.69, 9.17) is 16.2 Å². The summed E-state index contributed by atoms with van der Waals surface area (Å²) in [5.41, 5.74) is -2.44. The van der Waals surface area contributed by atoms with Gasteiger partial charge in [0, 0.05) is 39.8 Å². The minimum Gasteiger partial charge on any atom is -0.481 e. The fraction of sp³-hybridized carbons (Fsp3) is 0.681. The van der Waals surface area contributed by atoms with E-state index in [0.29, 0.717) is 12.8 Å². The summed E-state index contributed by atoms with van der Waals surface area (Å²) >= 11 is 0. The second kappa shape index (κ2) is 52.0. The van der Waals surface area contributed by atoms with E-state index in [2.05, 4.69) is 101 Å². The number of carbonyl (C=O) groups is 23. The number of benzene rings is 1. The average Bonchev–Trinajstić information content (AvgIpc) is 1.61. The molecule has 1 heterocycles. The number of amides is 22. The fourth-order valence-corrected chi connectivity index (χ4v) is 13.8. The number of hydrogen-bond donors (Lipinski definition) is 22. The third kappa shape index (κ3) is 39.2. The first-order chi connectivity index (χ1) is 63.2. The van der Waals surface area contributed by atoms with Crippen LogP contribution in [-0.4, -0.2) is 284 Å². The predicted molar refractivity (Wildman–Crippen MR) is 502 cm³/mol. The van der Waals surface area contributed by atoms with Crippen molar-refractivity contribution < 1.29 is 120 Å². The third-order valence-electron chi connectivity index (χ3n) is 22.3. The van der Waals surface area contributed by atoms with Gasteiger partial charge in [-0.2, -0.15) is 0 Å². The van der Waals surface area contributed by atoms with Gasteiger partial charge in [-0.3, -0.25) is 110 Å². The van der Waals surface area contributed by atoms with Gasteiger partial charge in [-0.15, -0.1) is 0 Å². The fourth-order valence-electron chi connectivity index (χ4n) is 13.8. The van der Waals surface area contributed by atoms with E-state index in [1.54, 1.807) is 53.7 Å². The molecule has 24 N–H and O–H groups in total. The van der Waals surface area contributed by atoms with Gasteiger partial charge >= 0.3 is 5.97 Å². The maximum absolute atomic E-state index is 14.6. The van der Waals surface area contributed by atoms with Crippen LogP contribution in [0.5, 0.6) is 0 Å². The van der Waals surface area contributed by atoms with Crippen LogP contribution in [0, 0.1) is 17.8 Å². The Morgan fingerprint density at radius 3 is 1.22 bits per heavy atom. The first-order valence-corrected chi connectivity index (χ1v) is 45.7. The number of likely N-dealkylation sites (tertiary alicyclic amines) is 1. The molecule has 1 aromatic rings. The van der Waals surface area contributed by atoms with E-state index in [9.17, 15) is 115 Å². The lowest BCUT2D eigenvalue weighted by atomic mass is 9.96. The Morgan fingerprint density at radius 1 is 0.399 bits per heavy atom. The van der Waals surface area contributed by atoms with Gasteiger partial charge in [0.15, 0.2) is 0 Å². The molecule has 1 aromatic carbocycles. The van der Waals surface area contributed by atoms with Crippen LogP contribution >= 0.6 is 0 Å². The van der Waals surface area contributed by atoms with Crippen molar-refractivity contribution in [2.75, 3.05) is 26.8 Å². The molecule has 0 bridgehead atoms. The molecule has 0 aromatic heterocycles. The number of primary amides is 2. The summed E-state index contributed by atoms with van der Waals surface area (Å²) in [4.78, 5) is 312. The van der Waals surface area contributed by atoms with Crippen LogP contribution in [-0.2, 0) is 121 Å². The van der Waals surface area contributed by atoms with Gasteiger partial charge in [-0.05, 0) is 200 Å². The van der Waals surface area contributed by atoms with E-state index in [1.807, 2.05) is 18.2 Å². The third-order valence-corrected chi connectivity index (χ3v) is 22.3. The molecule has 0 aliphatic carbocycles. The van der Waals surface area contributed by atoms with Crippen molar-refractivity contribution in [2.45, 2.75) is 355 Å². The highest BCUT2D eigenvalue weighted by Gasteiger charge is 2.48. The van der Waals surface area contributed by atoms with E-state index < -0.39 is 291 Å². The summed E-state index contributed by atoms with van der Waals surface area (Å²) in [7, 11) is 1.42. The zero-order valence-electron chi connectivity index (χ0n) is 84.5. The Morgan fingerprint density at radius 2 is 0.768 bits per heavy atom. The molecule has 0 radical (unpaired) electrons. The monoisotopic (exact) mass is 1950 g/mol. The molecule has 11 atom stereocenters. The van der Waals surface area contributed by atoms with Crippen molar-refractivity contribution in [3.8, 4) is 0 Å². The van der Waals surface area contributed by atoms with Gasteiger partial charge in [0.1, 0.15) is 105 Å². The number of carboxylic acids is 1. The van der Waals surface area contributed by atoms with Crippen molar-refractivity contribution in [1.82, 2.24) is 106 Å². The molecular weight excluding hydrogens is 1800 g/mol. The standard InChI is InChI=1S/C91H150N22O25/c1-46(2)42-58(72(126)109-91(25,26)83(137)113-41-31-34-59(113)73(127)103-64(47(3)4)74(128)111-90(23,24)82(136)112-89(21,22)80(134)102-56(37-40-63(118)119)70(124)101-55(35-38-60(92)115)69(123)98-54(45-138-27)43-53-32-29-28-30-33-53)99-62(117)44-94-76(130)84(11,12)110-75(129)65(48(5)6)104-81(135)88(19,20)108-71(125)57(36-39-61(93)116)100-66(120)49(7)95-78(132)86(15,16)106-68(122)51(9)97-79(133)87(17,18)107-67(121)50(8)96-77(131)85(13,14)105-52(10)114/h28-30,32-33,46-51,54-59,64-65H,31,34-45H2,1-27H3,(H2,92,115)(H2,93,116)(H,94,130)(H,95,132)(H,96,131)(H,97,133)(H,98,123)(H,99,117)(H,100,120)(H,101,124)(H,102,134)(H,103,127)(H,104,135)(H,105,114)(H,106,122)(H,107,121)(H,108,125)(H,109,126)(H,110,129)(H,111,128)(H,112,136)(H,118,119)/t49-,50-,51-,54-,55-,56-,57-,58-,59-,64-,65-/m0/s1. The maximum Gasteiger partial charge on any atom is 0.303 e. The van der Waals surface area contributed by atoms with Crippen molar-refractivity contribution in [3.63, 3.8) is 0 Å². The number of carbonyl (C=O) groups excluding carboxylic acids is 22. The minimum absolute atomic E-state index is 0.00538. The average molecular weight is 1950 g/mol. The number of carboxylic acid groups (broad SMARTS) is 1. The van der Waals surface area contributed by atoms with Crippen LogP contribution in [0.3, 0.4) is 0 Å². The summed E-state index contributed by atoms with van der Waals surface area (Å²) < 4.78 is 5.32. The molecule has 47 heteroatoms. The molecule has 0 spiro atoms. The molecule has 1 aliphatic rings. The van der Waals surface area contributed by atoms with Crippen molar-refractivity contribution in [2.24, 2.45) is 29.2 Å². The van der Waals surface area contributed by atoms with Crippen LogP contribution in [0.1, 0.15) is 243 Å². The molecule has 47 nitrogen and oxygen atoms in total. The molecule has 1 fully saturated rings. The normalized spacial score (nSPS) is 15.3. The largest absolute Gasteiger partial charge is 0.481 e. The van der Waals surface area contributed by atoms with Gasteiger partial charge in [0.25, 0.3) is 0 Å². The van der Waals surface area contributed by atoms with Gasteiger partial charge in [-0.1, -0.05) is 71.9 Å². The summed E-state index contributed by atoms with van der Waals surface area (Å²) in [6.45, 7) is 35.2. The number of ether oxygens (including phenoxy) is 1. The highest BCUT2D eigenvalue weighted by molar-refractivity contribution is 6.04. The van der Waals surface area contributed by atoms with Gasteiger partial charge in [-0.25, -0.2) is 0 Å². The van der Waals surface area contributed by atoms with Crippen LogP contribution in [0.4, 0.5) is 0 Å². The first-order valence-electron chi connectivity index (χ1n) is 45.7. The number of nitrogens with two attached hydrogens (primary N) is 2. The van der Waals surface area contributed by atoms with E-state index in [0.717, 1.165) is 5.56 Å². The topological polar surface area (TPSA) is 706 Å². The molecule has 2 rings (SSSR count). The Balaban J connectivity index is 2.17. The number of aliphatic carboxylic acids is 1.